The average molecular weight is 409 g/mol. The number of imidazole rings is 1. The molecule has 8 heteroatoms. The molecule has 3 aromatic rings. The molecule has 0 aliphatic carbocycles. The van der Waals surface area contributed by atoms with Crippen LogP contribution in [0.15, 0.2) is 48.5 Å². The summed E-state index contributed by atoms with van der Waals surface area (Å²) in [4.78, 5) is 32.6. The van der Waals surface area contributed by atoms with Crippen molar-refractivity contribution in [1.29, 1.82) is 0 Å². The summed E-state index contributed by atoms with van der Waals surface area (Å²) in [5.74, 6) is -1.50. The van der Waals surface area contributed by atoms with E-state index in [2.05, 4.69) is 4.98 Å². The van der Waals surface area contributed by atoms with Crippen LogP contribution in [-0.4, -0.2) is 53.4 Å². The number of phenolic OH excluding ortho intramolecular Hbond substituents is 1. The summed E-state index contributed by atoms with van der Waals surface area (Å²) in [6.07, 6.45) is 0. The molecular weight excluding hydrogens is 386 g/mol. The molecule has 1 N–H and O–H groups in total. The van der Waals surface area contributed by atoms with Crippen molar-refractivity contribution >= 4 is 28.9 Å². The van der Waals surface area contributed by atoms with Gasteiger partial charge < -0.3 is 19.1 Å². The van der Waals surface area contributed by atoms with E-state index < -0.39 is 17.9 Å². The van der Waals surface area contributed by atoms with E-state index in [0.29, 0.717) is 18.1 Å². The minimum absolute atomic E-state index is 0.103. The molecule has 2 heterocycles. The minimum Gasteiger partial charge on any atom is -0.508 e. The molecule has 0 saturated carbocycles. The van der Waals surface area contributed by atoms with Crippen molar-refractivity contribution in [2.75, 3.05) is 31.8 Å². The molecule has 0 saturated heterocycles. The fourth-order valence-corrected chi connectivity index (χ4v) is 3.91. The Bertz CT molecular complexity index is 1080. The number of esters is 1. The number of anilines is 1. The molecule has 2 aromatic carbocycles. The Labute approximate surface area is 173 Å². The van der Waals surface area contributed by atoms with Crippen LogP contribution in [0.3, 0.4) is 0 Å². The number of fused-ring (bicyclic) bond motifs is 3. The Morgan fingerprint density at radius 2 is 1.90 bits per heavy atom. The van der Waals surface area contributed by atoms with Crippen molar-refractivity contribution in [1.82, 2.24) is 9.55 Å². The van der Waals surface area contributed by atoms with Crippen molar-refractivity contribution in [2.45, 2.75) is 13.0 Å². The van der Waals surface area contributed by atoms with Crippen molar-refractivity contribution in [3.63, 3.8) is 0 Å². The molecule has 4 rings (SSSR count). The highest BCUT2D eigenvalue weighted by Gasteiger charge is 2.47. The number of aromatic hydroxyl groups is 1. The fourth-order valence-electron chi connectivity index (χ4n) is 3.91. The first-order valence-corrected chi connectivity index (χ1v) is 9.79. The van der Waals surface area contributed by atoms with E-state index in [1.165, 1.54) is 17.0 Å². The molecular formula is C22H23N3O5. The minimum atomic E-state index is -1.09. The highest BCUT2D eigenvalue weighted by atomic mass is 16.5. The monoisotopic (exact) mass is 409 g/mol. The summed E-state index contributed by atoms with van der Waals surface area (Å²) < 4.78 is 12.4. The van der Waals surface area contributed by atoms with Gasteiger partial charge in [0.2, 0.25) is 11.9 Å². The first-order chi connectivity index (χ1) is 14.6. The molecule has 156 valence electrons. The summed E-state index contributed by atoms with van der Waals surface area (Å²) in [5, 5.41) is 9.73. The van der Waals surface area contributed by atoms with E-state index >= 15 is 0 Å². The molecule has 0 unspecified atom stereocenters. The fraction of sp³-hybridized carbons (Fsp3) is 0.318. The smallest absolute Gasteiger partial charge is 0.321 e. The number of hydrogen-bond acceptors (Lipinski definition) is 6. The van der Waals surface area contributed by atoms with Gasteiger partial charge in [0.15, 0.2) is 5.92 Å². The number of para-hydroxylation sites is 2. The average Bonchev–Trinajstić information content (AvgIpc) is 3.12. The van der Waals surface area contributed by atoms with E-state index in [1.54, 1.807) is 26.2 Å². The van der Waals surface area contributed by atoms with Crippen LogP contribution in [0.4, 0.5) is 5.95 Å². The van der Waals surface area contributed by atoms with Crippen LogP contribution < -0.4 is 4.90 Å². The maximum atomic E-state index is 13.5. The van der Waals surface area contributed by atoms with Crippen molar-refractivity contribution in [3.8, 4) is 5.75 Å². The van der Waals surface area contributed by atoms with E-state index in [-0.39, 0.29) is 24.8 Å². The predicted octanol–water partition coefficient (Wildman–Crippen LogP) is 2.50. The number of amides is 1. The number of ether oxygens (including phenoxy) is 2. The summed E-state index contributed by atoms with van der Waals surface area (Å²) in [5.41, 5.74) is 2.22. The molecule has 8 nitrogen and oxygen atoms in total. The number of hydrogen-bond donors (Lipinski definition) is 1. The number of methoxy groups -OCH3 is 1. The first-order valence-electron chi connectivity index (χ1n) is 9.79. The maximum absolute atomic E-state index is 13.5. The van der Waals surface area contributed by atoms with Crippen molar-refractivity contribution < 1.29 is 24.2 Å². The van der Waals surface area contributed by atoms with Gasteiger partial charge in [-0.2, -0.15) is 0 Å². The van der Waals surface area contributed by atoms with Crippen molar-refractivity contribution in [3.05, 3.63) is 54.1 Å². The number of benzene rings is 2. The van der Waals surface area contributed by atoms with Crippen LogP contribution in [0.25, 0.3) is 11.0 Å². The van der Waals surface area contributed by atoms with Gasteiger partial charge in [-0.3, -0.25) is 14.5 Å². The standard InChI is InChI=1S/C22H23N3O5/c1-3-30-21(28)18-19(14-8-10-15(26)11-9-14)25-17-7-5-4-6-16(17)23-22(25)24(20(18)27)12-13-29-2/h4-11,18-19,26H,3,12-13H2,1-2H3/t18-,19+/m0/s1. The summed E-state index contributed by atoms with van der Waals surface area (Å²) >= 11 is 0. The first kappa shape index (κ1) is 19.9. The van der Waals surface area contributed by atoms with Gasteiger partial charge in [0.05, 0.1) is 36.8 Å². The third-order valence-electron chi connectivity index (χ3n) is 5.24. The lowest BCUT2D eigenvalue weighted by molar-refractivity contribution is -0.153. The molecule has 0 radical (unpaired) electrons. The van der Waals surface area contributed by atoms with Gasteiger partial charge in [-0.25, -0.2) is 4.98 Å². The normalized spacial score (nSPS) is 18.5. The molecule has 30 heavy (non-hydrogen) atoms. The van der Waals surface area contributed by atoms with Gasteiger partial charge in [0.1, 0.15) is 5.75 Å². The van der Waals surface area contributed by atoms with Crippen LogP contribution in [0.1, 0.15) is 18.5 Å². The van der Waals surface area contributed by atoms with Crippen LogP contribution >= 0.6 is 0 Å². The number of nitrogens with zero attached hydrogens (tertiary/aromatic N) is 3. The van der Waals surface area contributed by atoms with Gasteiger partial charge in [-0.1, -0.05) is 24.3 Å². The van der Waals surface area contributed by atoms with E-state index in [1.807, 2.05) is 28.8 Å². The lowest BCUT2D eigenvalue weighted by Gasteiger charge is -2.37. The molecule has 1 aliphatic heterocycles. The van der Waals surface area contributed by atoms with Crippen LogP contribution in [0.5, 0.6) is 5.75 Å². The third-order valence-corrected chi connectivity index (χ3v) is 5.24. The van der Waals surface area contributed by atoms with Gasteiger partial charge in [-0.15, -0.1) is 0 Å². The lowest BCUT2D eigenvalue weighted by atomic mass is 9.89. The van der Waals surface area contributed by atoms with Crippen LogP contribution in [0, 0.1) is 5.92 Å². The summed E-state index contributed by atoms with van der Waals surface area (Å²) in [7, 11) is 1.56. The zero-order valence-corrected chi connectivity index (χ0v) is 16.8. The number of rotatable bonds is 6. The second-order valence-corrected chi connectivity index (χ2v) is 7.02. The largest absolute Gasteiger partial charge is 0.508 e. The number of phenols is 1. The molecule has 0 fully saturated rings. The topological polar surface area (TPSA) is 93.9 Å². The van der Waals surface area contributed by atoms with Gasteiger partial charge in [-0.05, 0) is 36.8 Å². The quantitative estimate of drug-likeness (QED) is 0.497. The second kappa shape index (κ2) is 8.16. The molecule has 0 bridgehead atoms. The molecule has 1 aromatic heterocycles. The second-order valence-electron chi connectivity index (χ2n) is 7.02. The van der Waals surface area contributed by atoms with E-state index in [9.17, 15) is 14.7 Å². The Balaban J connectivity index is 1.97. The Morgan fingerprint density at radius 1 is 1.17 bits per heavy atom. The van der Waals surface area contributed by atoms with Crippen molar-refractivity contribution in [2.24, 2.45) is 5.92 Å². The summed E-state index contributed by atoms with van der Waals surface area (Å²) in [6.45, 7) is 2.44. The number of carbonyl (C=O) groups is 2. The Morgan fingerprint density at radius 3 is 2.60 bits per heavy atom. The predicted molar refractivity (Wildman–Crippen MR) is 110 cm³/mol. The van der Waals surface area contributed by atoms with Gasteiger partial charge in [0, 0.05) is 7.11 Å². The lowest BCUT2D eigenvalue weighted by Crippen LogP contribution is -2.51. The molecule has 2 atom stereocenters. The van der Waals surface area contributed by atoms with E-state index in [4.69, 9.17) is 9.47 Å². The maximum Gasteiger partial charge on any atom is 0.321 e. The molecule has 0 spiro atoms. The van der Waals surface area contributed by atoms with Gasteiger partial charge >= 0.3 is 5.97 Å². The number of aromatic nitrogens is 2. The van der Waals surface area contributed by atoms with Crippen LogP contribution in [0.2, 0.25) is 0 Å². The zero-order valence-electron chi connectivity index (χ0n) is 16.8. The summed E-state index contributed by atoms with van der Waals surface area (Å²) in [6, 6.07) is 13.4. The third kappa shape index (κ3) is 3.29. The SMILES string of the molecule is CCOC(=O)[C@@H]1C(=O)N(CCOC)c2nc3ccccc3n2[C@@H]1c1ccc(O)cc1. The van der Waals surface area contributed by atoms with Gasteiger partial charge in [0.25, 0.3) is 0 Å². The highest BCUT2D eigenvalue weighted by Crippen LogP contribution is 2.41. The molecule has 1 aliphatic rings. The number of carbonyl (C=O) groups excluding carboxylic acids is 2. The van der Waals surface area contributed by atoms with Crippen LogP contribution in [-0.2, 0) is 19.1 Å². The Hall–Kier alpha value is -3.39. The zero-order chi connectivity index (χ0) is 21.3. The molecule has 1 amide bonds. The highest BCUT2D eigenvalue weighted by molar-refractivity contribution is 6.08. The Kier molecular flexibility index (Phi) is 5.41. The van der Waals surface area contributed by atoms with E-state index in [0.717, 1.165) is 11.0 Å².